The second-order valence-corrected chi connectivity index (χ2v) is 6.86. The first-order valence-corrected chi connectivity index (χ1v) is 9.91. The fourth-order valence-electron chi connectivity index (χ4n) is 2.92. The number of benzene rings is 2. The molecule has 0 aliphatic carbocycles. The molecule has 3 aromatic rings. The van der Waals surface area contributed by atoms with Crippen LogP contribution in [0, 0.1) is 0 Å². The molecule has 1 aromatic heterocycles. The van der Waals surface area contributed by atoms with Gasteiger partial charge in [-0.25, -0.2) is 14.6 Å². The first kappa shape index (κ1) is 22.5. The number of amides is 2. The molecule has 0 bridgehead atoms. The zero-order valence-corrected chi connectivity index (χ0v) is 17.5. The number of aromatic nitrogens is 1. The molecule has 1 heterocycles. The predicted octanol–water partition coefficient (Wildman–Crippen LogP) is 3.34. The summed E-state index contributed by atoms with van der Waals surface area (Å²) in [5, 5.41) is 5.24. The minimum Gasteiger partial charge on any atom is -0.465 e. The van der Waals surface area contributed by atoms with E-state index in [0.29, 0.717) is 0 Å². The van der Waals surface area contributed by atoms with Gasteiger partial charge in [0.1, 0.15) is 18.5 Å². The third-order valence-corrected chi connectivity index (χ3v) is 4.54. The van der Waals surface area contributed by atoms with Crippen LogP contribution >= 0.6 is 0 Å². The minimum atomic E-state index is -0.927. The van der Waals surface area contributed by atoms with Crippen molar-refractivity contribution in [1.82, 2.24) is 10.3 Å². The topological polar surface area (TPSA) is 107 Å². The fraction of sp³-hybridized carbons (Fsp3) is 0.167. The van der Waals surface area contributed by atoms with Crippen molar-refractivity contribution in [2.45, 2.75) is 19.1 Å². The number of alkyl carbamates (subject to hydrolysis) is 1. The van der Waals surface area contributed by atoms with Gasteiger partial charge in [-0.15, -0.1) is 0 Å². The van der Waals surface area contributed by atoms with Crippen molar-refractivity contribution in [2.75, 3.05) is 12.4 Å². The number of nitrogens with zero attached hydrogens (tertiary/aromatic N) is 1. The standard InChI is InChI=1S/C24H23N3O5/c1-31-23(29)19-12-13-25-21(15-19)27-22(28)20(14-17-8-4-2-5-9-17)26-24(30)32-16-18-10-6-3-7-11-18/h2-13,15,20H,14,16H2,1H3,(H,26,30)(H,25,27,28). The summed E-state index contributed by atoms with van der Waals surface area (Å²) < 4.78 is 9.94. The van der Waals surface area contributed by atoms with Crippen LogP contribution in [0.3, 0.4) is 0 Å². The lowest BCUT2D eigenvalue weighted by atomic mass is 10.1. The lowest BCUT2D eigenvalue weighted by Crippen LogP contribution is -2.45. The summed E-state index contributed by atoms with van der Waals surface area (Å²) in [6.07, 6.45) is 0.903. The molecule has 1 atom stereocenters. The first-order chi connectivity index (χ1) is 15.5. The third-order valence-electron chi connectivity index (χ3n) is 4.54. The molecule has 0 fully saturated rings. The van der Waals surface area contributed by atoms with Crippen LogP contribution in [0.1, 0.15) is 21.5 Å². The van der Waals surface area contributed by atoms with E-state index in [1.807, 2.05) is 60.7 Å². The van der Waals surface area contributed by atoms with Crippen molar-refractivity contribution >= 4 is 23.8 Å². The SMILES string of the molecule is COC(=O)c1ccnc(NC(=O)C(Cc2ccccc2)NC(=O)OCc2ccccc2)c1. The Morgan fingerprint density at radius 3 is 2.25 bits per heavy atom. The first-order valence-electron chi connectivity index (χ1n) is 9.91. The van der Waals surface area contributed by atoms with E-state index in [1.54, 1.807) is 0 Å². The lowest BCUT2D eigenvalue weighted by Gasteiger charge is -2.18. The van der Waals surface area contributed by atoms with Crippen molar-refractivity contribution in [1.29, 1.82) is 0 Å². The largest absolute Gasteiger partial charge is 0.465 e. The van der Waals surface area contributed by atoms with Crippen LogP contribution in [-0.4, -0.2) is 36.1 Å². The van der Waals surface area contributed by atoms with Gasteiger partial charge in [0.15, 0.2) is 0 Å². The maximum Gasteiger partial charge on any atom is 0.408 e. The number of esters is 1. The average Bonchev–Trinajstić information content (AvgIpc) is 2.83. The van der Waals surface area contributed by atoms with Crippen molar-refractivity contribution in [2.24, 2.45) is 0 Å². The number of carbonyl (C=O) groups excluding carboxylic acids is 3. The molecule has 0 saturated heterocycles. The molecule has 8 heteroatoms. The van der Waals surface area contributed by atoms with Crippen LogP contribution in [0.5, 0.6) is 0 Å². The Labute approximate surface area is 185 Å². The molecule has 2 N–H and O–H groups in total. The summed E-state index contributed by atoms with van der Waals surface area (Å²) in [7, 11) is 1.27. The highest BCUT2D eigenvalue weighted by Gasteiger charge is 2.23. The van der Waals surface area contributed by atoms with Gasteiger partial charge in [0.25, 0.3) is 0 Å². The van der Waals surface area contributed by atoms with E-state index in [4.69, 9.17) is 4.74 Å². The zero-order valence-electron chi connectivity index (χ0n) is 17.5. The van der Waals surface area contributed by atoms with E-state index < -0.39 is 24.0 Å². The second-order valence-electron chi connectivity index (χ2n) is 6.86. The Balaban J connectivity index is 1.69. The van der Waals surface area contributed by atoms with Gasteiger partial charge in [-0.05, 0) is 23.3 Å². The Kier molecular flexibility index (Phi) is 7.91. The number of ether oxygens (including phenoxy) is 2. The van der Waals surface area contributed by atoms with Crippen molar-refractivity contribution in [3.63, 3.8) is 0 Å². The number of rotatable bonds is 8. The summed E-state index contributed by atoms with van der Waals surface area (Å²) in [4.78, 5) is 41.1. The number of hydrogen-bond donors (Lipinski definition) is 2. The molecule has 0 spiro atoms. The Morgan fingerprint density at radius 1 is 0.938 bits per heavy atom. The van der Waals surface area contributed by atoms with Gasteiger partial charge in [-0.1, -0.05) is 60.7 Å². The Morgan fingerprint density at radius 2 is 1.59 bits per heavy atom. The van der Waals surface area contributed by atoms with E-state index >= 15 is 0 Å². The Hall–Kier alpha value is -4.20. The molecule has 2 amide bonds. The molecule has 0 radical (unpaired) electrons. The zero-order chi connectivity index (χ0) is 22.8. The van der Waals surface area contributed by atoms with Gasteiger partial charge in [-0.3, -0.25) is 4.79 Å². The smallest absolute Gasteiger partial charge is 0.408 e. The van der Waals surface area contributed by atoms with Crippen molar-refractivity contribution in [3.05, 3.63) is 95.7 Å². The summed E-state index contributed by atoms with van der Waals surface area (Å²) in [5.74, 6) is -0.887. The summed E-state index contributed by atoms with van der Waals surface area (Å²) >= 11 is 0. The summed E-state index contributed by atoms with van der Waals surface area (Å²) in [5.41, 5.74) is 1.93. The normalized spacial score (nSPS) is 11.2. The van der Waals surface area contributed by atoms with Crippen LogP contribution in [0.25, 0.3) is 0 Å². The quantitative estimate of drug-likeness (QED) is 0.528. The maximum atomic E-state index is 12.9. The van der Waals surface area contributed by atoms with E-state index in [9.17, 15) is 14.4 Å². The highest BCUT2D eigenvalue weighted by Crippen LogP contribution is 2.11. The summed E-state index contributed by atoms with van der Waals surface area (Å²) in [6, 6.07) is 20.4. The number of anilines is 1. The van der Waals surface area contributed by atoms with Crippen molar-refractivity contribution < 1.29 is 23.9 Å². The number of hydrogen-bond acceptors (Lipinski definition) is 6. The molecule has 0 aliphatic rings. The maximum absolute atomic E-state index is 12.9. The average molecular weight is 433 g/mol. The molecule has 32 heavy (non-hydrogen) atoms. The number of nitrogens with one attached hydrogen (secondary N) is 2. The van der Waals surface area contributed by atoms with Crippen LogP contribution in [0.15, 0.2) is 79.0 Å². The molecule has 0 saturated carbocycles. The second kappa shape index (κ2) is 11.3. The highest BCUT2D eigenvalue weighted by molar-refractivity contribution is 5.97. The molecule has 3 rings (SSSR count). The predicted molar refractivity (Wildman–Crippen MR) is 118 cm³/mol. The molecular formula is C24H23N3O5. The molecule has 164 valence electrons. The lowest BCUT2D eigenvalue weighted by molar-refractivity contribution is -0.118. The van der Waals surface area contributed by atoms with E-state index in [1.165, 1.54) is 25.4 Å². The fourth-order valence-corrected chi connectivity index (χ4v) is 2.92. The van der Waals surface area contributed by atoms with Crippen LogP contribution < -0.4 is 10.6 Å². The van der Waals surface area contributed by atoms with Gasteiger partial charge in [0.2, 0.25) is 5.91 Å². The number of carbonyl (C=O) groups is 3. The molecule has 8 nitrogen and oxygen atoms in total. The molecule has 1 unspecified atom stereocenters. The van der Waals surface area contributed by atoms with Crippen LogP contribution in [0.2, 0.25) is 0 Å². The molecule has 0 aliphatic heterocycles. The van der Waals surface area contributed by atoms with Gasteiger partial charge in [0.05, 0.1) is 12.7 Å². The van der Waals surface area contributed by atoms with Crippen LogP contribution in [-0.2, 0) is 27.3 Å². The van der Waals surface area contributed by atoms with E-state index in [0.717, 1.165) is 11.1 Å². The van der Waals surface area contributed by atoms with Crippen LogP contribution in [0.4, 0.5) is 10.6 Å². The van der Waals surface area contributed by atoms with Gasteiger partial charge < -0.3 is 20.1 Å². The highest BCUT2D eigenvalue weighted by atomic mass is 16.5. The Bertz CT molecular complexity index is 1060. The third kappa shape index (κ3) is 6.66. The minimum absolute atomic E-state index is 0.0785. The van der Waals surface area contributed by atoms with Crippen molar-refractivity contribution in [3.8, 4) is 0 Å². The molecule has 2 aromatic carbocycles. The summed E-state index contributed by atoms with van der Waals surface area (Å²) in [6.45, 7) is 0.0785. The van der Waals surface area contributed by atoms with E-state index in [2.05, 4.69) is 20.4 Å². The van der Waals surface area contributed by atoms with Gasteiger partial charge in [0, 0.05) is 12.6 Å². The van der Waals surface area contributed by atoms with Gasteiger partial charge in [-0.2, -0.15) is 0 Å². The number of methoxy groups -OCH3 is 1. The van der Waals surface area contributed by atoms with E-state index in [-0.39, 0.29) is 24.4 Å². The number of pyridine rings is 1. The monoisotopic (exact) mass is 433 g/mol. The molecular weight excluding hydrogens is 410 g/mol. The van der Waals surface area contributed by atoms with Gasteiger partial charge >= 0.3 is 12.1 Å².